The van der Waals surface area contributed by atoms with Gasteiger partial charge in [0, 0.05) is 4.88 Å². The predicted molar refractivity (Wildman–Crippen MR) is 160 cm³/mol. The van der Waals surface area contributed by atoms with Gasteiger partial charge in [0.05, 0.1) is 40.1 Å². The third kappa shape index (κ3) is 5.76. The summed E-state index contributed by atoms with van der Waals surface area (Å²) in [5.74, 6) is -0.914. The molecule has 5 rings (SSSR count). The number of carbonyl (C=O) groups excluding carboxylic acids is 1. The lowest BCUT2D eigenvalue weighted by molar-refractivity contribution is -0.139. The number of methoxy groups -OCH3 is 1. The first-order valence-corrected chi connectivity index (χ1v) is 14.8. The summed E-state index contributed by atoms with van der Waals surface area (Å²) in [6.07, 6.45) is 1.69. The third-order valence-corrected chi connectivity index (χ3v) is 8.62. The Morgan fingerprint density at radius 3 is 2.69 bits per heavy atom. The highest BCUT2D eigenvalue weighted by molar-refractivity contribution is 7.10. The van der Waals surface area contributed by atoms with Gasteiger partial charge in [-0.25, -0.2) is 14.6 Å². The zero-order valence-electron chi connectivity index (χ0n) is 22.8. The van der Waals surface area contributed by atoms with Crippen molar-refractivity contribution in [3.8, 4) is 11.5 Å². The van der Waals surface area contributed by atoms with Crippen LogP contribution in [0, 0.1) is 0 Å². The molecule has 0 fully saturated rings. The molecule has 0 bridgehead atoms. The largest absolute Gasteiger partial charge is 0.493 e. The second-order valence-corrected chi connectivity index (χ2v) is 11.5. The molecule has 216 valence electrons. The molecule has 9 nitrogen and oxygen atoms in total. The average Bonchev–Trinajstić information content (AvgIpc) is 3.60. The van der Waals surface area contributed by atoms with Crippen molar-refractivity contribution in [1.29, 1.82) is 0 Å². The van der Waals surface area contributed by atoms with Crippen molar-refractivity contribution in [2.24, 2.45) is 4.99 Å². The lowest BCUT2D eigenvalue weighted by Gasteiger charge is -2.23. The first kappa shape index (κ1) is 29.3. The summed E-state index contributed by atoms with van der Waals surface area (Å²) in [5, 5.41) is 11.4. The van der Waals surface area contributed by atoms with Crippen molar-refractivity contribution in [3.63, 3.8) is 0 Å². The lowest BCUT2D eigenvalue weighted by Crippen LogP contribution is -2.39. The third-order valence-electron chi connectivity index (χ3n) is 6.44. The van der Waals surface area contributed by atoms with Gasteiger partial charge in [-0.1, -0.05) is 41.1 Å². The molecule has 0 aliphatic carbocycles. The topological polar surface area (TPSA) is 116 Å². The number of rotatable bonds is 9. The smallest absolute Gasteiger partial charge is 0.338 e. The number of nitrogens with zero attached hydrogens (tertiary/aromatic N) is 2. The number of thiazole rings is 1. The minimum atomic E-state index is -1.03. The van der Waals surface area contributed by atoms with Gasteiger partial charge in [-0.05, 0) is 66.8 Å². The fourth-order valence-corrected chi connectivity index (χ4v) is 6.72. The monoisotopic (exact) mass is 624 g/mol. The Morgan fingerprint density at radius 1 is 1.19 bits per heavy atom. The summed E-state index contributed by atoms with van der Waals surface area (Å²) >= 11 is 9.24. The van der Waals surface area contributed by atoms with E-state index in [0.29, 0.717) is 37.5 Å². The van der Waals surface area contributed by atoms with E-state index in [1.54, 1.807) is 44.2 Å². The highest BCUT2D eigenvalue weighted by Gasteiger charge is 2.33. The van der Waals surface area contributed by atoms with E-state index in [-0.39, 0.29) is 35.1 Å². The van der Waals surface area contributed by atoms with Crippen LogP contribution < -0.4 is 24.4 Å². The molecule has 0 amide bonds. The molecule has 0 saturated heterocycles. The molecule has 1 atom stereocenters. The van der Waals surface area contributed by atoms with E-state index < -0.39 is 18.0 Å². The van der Waals surface area contributed by atoms with Gasteiger partial charge in [0.25, 0.3) is 5.56 Å². The Kier molecular flexibility index (Phi) is 8.62. The van der Waals surface area contributed by atoms with E-state index in [1.165, 1.54) is 46.5 Å². The average molecular weight is 625 g/mol. The van der Waals surface area contributed by atoms with Gasteiger partial charge in [-0.2, -0.15) is 0 Å². The van der Waals surface area contributed by atoms with Crippen LogP contribution >= 0.6 is 34.3 Å². The molecule has 1 aliphatic heterocycles. The number of thiophene rings is 1. The number of allylic oxidation sites excluding steroid dienone is 1. The number of ether oxygens (including phenoxy) is 3. The highest BCUT2D eigenvalue weighted by atomic mass is 35.5. The molecule has 3 heterocycles. The maximum atomic E-state index is 13.8. The summed E-state index contributed by atoms with van der Waals surface area (Å²) < 4.78 is 18.7. The molecular weight excluding hydrogens is 600 g/mol. The quantitative estimate of drug-likeness (QED) is 0.266. The number of hydrogen-bond acceptors (Lipinski definition) is 9. The molecule has 2 aromatic heterocycles. The second-order valence-electron chi connectivity index (χ2n) is 9.15. The van der Waals surface area contributed by atoms with Crippen LogP contribution in [0.25, 0.3) is 6.08 Å². The second kappa shape index (κ2) is 12.4. The van der Waals surface area contributed by atoms with E-state index in [4.69, 9.17) is 25.8 Å². The van der Waals surface area contributed by atoms with Gasteiger partial charge in [0.2, 0.25) is 0 Å². The van der Waals surface area contributed by atoms with Crippen molar-refractivity contribution < 1.29 is 28.9 Å². The molecule has 0 spiro atoms. The van der Waals surface area contributed by atoms with Gasteiger partial charge in [0.15, 0.2) is 16.3 Å². The van der Waals surface area contributed by atoms with E-state index in [9.17, 15) is 19.5 Å². The zero-order valence-corrected chi connectivity index (χ0v) is 25.1. The number of carbonyl (C=O) groups is 2. The van der Waals surface area contributed by atoms with Gasteiger partial charge in [-0.3, -0.25) is 9.36 Å². The maximum absolute atomic E-state index is 13.8. The van der Waals surface area contributed by atoms with Crippen LogP contribution in [0.15, 0.2) is 75.0 Å². The van der Waals surface area contributed by atoms with E-state index in [1.807, 2.05) is 17.5 Å². The van der Waals surface area contributed by atoms with Gasteiger partial charge < -0.3 is 19.3 Å². The summed E-state index contributed by atoms with van der Waals surface area (Å²) in [5.41, 5.74) is 1.92. The normalized spacial score (nSPS) is 14.8. The Balaban J connectivity index is 1.52. The van der Waals surface area contributed by atoms with Crippen molar-refractivity contribution in [2.75, 3.05) is 13.7 Å². The summed E-state index contributed by atoms with van der Waals surface area (Å²) in [6.45, 7) is 3.75. The molecule has 12 heteroatoms. The van der Waals surface area contributed by atoms with Crippen LogP contribution in [-0.4, -0.2) is 35.3 Å². The summed E-state index contributed by atoms with van der Waals surface area (Å²) in [7, 11) is 1.47. The molecule has 0 radical (unpaired) electrons. The Bertz CT molecular complexity index is 1890. The fourth-order valence-electron chi connectivity index (χ4n) is 4.57. The number of esters is 1. The zero-order chi connectivity index (χ0) is 30.0. The summed E-state index contributed by atoms with van der Waals surface area (Å²) in [6, 6.07) is 12.8. The minimum absolute atomic E-state index is 0.0695. The van der Waals surface area contributed by atoms with Crippen molar-refractivity contribution >= 4 is 52.3 Å². The van der Waals surface area contributed by atoms with E-state index in [0.717, 1.165) is 4.88 Å². The van der Waals surface area contributed by atoms with Crippen LogP contribution in [0.4, 0.5) is 0 Å². The number of aromatic carboxylic acids is 1. The first-order valence-electron chi connectivity index (χ1n) is 12.8. The van der Waals surface area contributed by atoms with Gasteiger partial charge >= 0.3 is 11.9 Å². The number of hydrogen-bond donors (Lipinski definition) is 1. The fraction of sp³-hybridized carbons (Fsp3) is 0.200. The van der Waals surface area contributed by atoms with Crippen LogP contribution in [0.2, 0.25) is 5.02 Å². The molecule has 2 aromatic carbocycles. The Morgan fingerprint density at radius 2 is 2.00 bits per heavy atom. The molecule has 1 aliphatic rings. The number of fused-ring (bicyclic) bond motifs is 1. The van der Waals surface area contributed by atoms with Crippen LogP contribution in [0.5, 0.6) is 11.5 Å². The molecule has 1 N–H and O–H groups in total. The predicted octanol–water partition coefficient (Wildman–Crippen LogP) is 4.80. The van der Waals surface area contributed by atoms with Gasteiger partial charge in [0.1, 0.15) is 12.6 Å². The molecule has 42 heavy (non-hydrogen) atoms. The first-order chi connectivity index (χ1) is 20.2. The van der Waals surface area contributed by atoms with Crippen LogP contribution in [-0.2, 0) is 16.1 Å². The SMILES string of the molecule is CCOC(=O)C1=C(C)N=c2s/c(=C/c3cc(Cl)c(OCc4cccc(C(=O)O)c4)c(OC)c3)c(=O)n2[C@H]1c1cccs1. The van der Waals surface area contributed by atoms with Crippen LogP contribution in [0.1, 0.15) is 46.3 Å². The molecule has 0 saturated carbocycles. The van der Waals surface area contributed by atoms with E-state index in [2.05, 4.69) is 4.99 Å². The highest BCUT2D eigenvalue weighted by Crippen LogP contribution is 2.37. The van der Waals surface area contributed by atoms with Gasteiger partial charge in [-0.15, -0.1) is 11.3 Å². The maximum Gasteiger partial charge on any atom is 0.338 e. The number of carboxylic acids is 1. The Labute approximate surface area is 253 Å². The Hall–Kier alpha value is -4.19. The number of aromatic nitrogens is 1. The lowest BCUT2D eigenvalue weighted by atomic mass is 10.0. The van der Waals surface area contributed by atoms with Crippen LogP contribution in [0.3, 0.4) is 0 Å². The number of halogens is 1. The number of carboxylic acid groups (broad SMARTS) is 1. The van der Waals surface area contributed by atoms with Crippen molar-refractivity contribution in [2.45, 2.75) is 26.5 Å². The minimum Gasteiger partial charge on any atom is -0.493 e. The van der Waals surface area contributed by atoms with E-state index >= 15 is 0 Å². The molecular formula is C30H25ClN2O7S2. The molecule has 0 unspecified atom stereocenters. The van der Waals surface area contributed by atoms with Crippen molar-refractivity contribution in [3.05, 3.63) is 111 Å². The summed E-state index contributed by atoms with van der Waals surface area (Å²) in [4.78, 5) is 43.9. The standard InChI is InChI=1S/C30H25ClN2O7S2/c1-4-39-29(37)24-16(2)32-30-33(25(24)22-9-6-10-41-22)27(34)23(42-30)14-18-12-20(31)26(21(13-18)38-3)40-15-17-7-5-8-19(11-17)28(35)36/h5-14,25H,4,15H2,1-3H3,(H,35,36)/b23-14+/t25-/m0/s1. The van der Waals surface area contributed by atoms with Crippen molar-refractivity contribution in [1.82, 2.24) is 4.57 Å². The molecule has 4 aromatic rings. The number of benzene rings is 2.